The van der Waals surface area contributed by atoms with Gasteiger partial charge in [0.1, 0.15) is 11.6 Å². The molecule has 3 rings (SSSR count). The van der Waals surface area contributed by atoms with Crippen molar-refractivity contribution >= 4 is 29.2 Å². The van der Waals surface area contributed by atoms with Gasteiger partial charge in [0.15, 0.2) is 5.69 Å². The van der Waals surface area contributed by atoms with Crippen molar-refractivity contribution in [3.8, 4) is 0 Å². The number of hydrogen-bond acceptors (Lipinski definition) is 7. The Kier molecular flexibility index (Phi) is 7.57. The van der Waals surface area contributed by atoms with Gasteiger partial charge in [-0.2, -0.15) is 0 Å². The summed E-state index contributed by atoms with van der Waals surface area (Å²) < 4.78 is 6.79. The van der Waals surface area contributed by atoms with Crippen molar-refractivity contribution in [3.05, 3.63) is 68.2 Å². The molecule has 0 aliphatic carbocycles. The molecule has 170 valence electrons. The Hall–Kier alpha value is -3.27. The molecule has 3 N–H and O–H groups in total. The number of aromatic amines is 1. The van der Waals surface area contributed by atoms with Gasteiger partial charge in [0, 0.05) is 6.54 Å². The summed E-state index contributed by atoms with van der Waals surface area (Å²) in [7, 11) is 0. The Morgan fingerprint density at radius 3 is 2.59 bits per heavy atom. The predicted molar refractivity (Wildman–Crippen MR) is 125 cm³/mol. The summed E-state index contributed by atoms with van der Waals surface area (Å²) >= 11 is 1.15. The molecule has 0 saturated carbocycles. The van der Waals surface area contributed by atoms with Gasteiger partial charge in [0.05, 0.1) is 18.0 Å². The van der Waals surface area contributed by atoms with Crippen LogP contribution in [0.25, 0.3) is 0 Å². The third-order valence-electron chi connectivity index (χ3n) is 5.03. The minimum absolute atomic E-state index is 0.0137. The Labute approximate surface area is 189 Å². The first kappa shape index (κ1) is 23.4. The van der Waals surface area contributed by atoms with E-state index in [0.717, 1.165) is 29.4 Å². The number of nitrogens with zero attached hydrogens (tertiary/aromatic N) is 3. The molecule has 32 heavy (non-hydrogen) atoms. The Morgan fingerprint density at radius 1 is 1.25 bits per heavy atom. The highest BCUT2D eigenvalue weighted by atomic mass is 32.2. The maximum Gasteiger partial charge on any atom is 0.330 e. The molecule has 2 heterocycles. The summed E-state index contributed by atoms with van der Waals surface area (Å²) in [6.45, 7) is 6.09. The number of nitrogens with one attached hydrogen (secondary N) is 1. The van der Waals surface area contributed by atoms with Crippen LogP contribution in [0.4, 0.5) is 11.5 Å². The molecule has 0 aliphatic rings. The van der Waals surface area contributed by atoms with E-state index in [4.69, 9.17) is 10.2 Å². The van der Waals surface area contributed by atoms with E-state index in [2.05, 4.69) is 9.97 Å². The number of carbonyl (C=O) groups excluding carboxylic acids is 1. The molecule has 10 heteroatoms. The molecule has 9 nitrogen and oxygen atoms in total. The van der Waals surface area contributed by atoms with E-state index in [1.165, 1.54) is 9.47 Å². The number of anilines is 2. The quantitative estimate of drug-likeness (QED) is 0.473. The molecule has 0 spiro atoms. The number of aryl methyl sites for hydroxylation is 2. The highest BCUT2D eigenvalue weighted by Crippen LogP contribution is 2.23. The third-order valence-corrected chi connectivity index (χ3v) is 5.84. The van der Waals surface area contributed by atoms with Crippen LogP contribution in [0.2, 0.25) is 0 Å². The number of H-pyrrole nitrogens is 1. The van der Waals surface area contributed by atoms with Gasteiger partial charge in [0.2, 0.25) is 5.91 Å². The van der Waals surface area contributed by atoms with Crippen LogP contribution in [0, 0.1) is 13.8 Å². The van der Waals surface area contributed by atoms with Crippen molar-refractivity contribution in [1.29, 1.82) is 0 Å². The first-order valence-corrected chi connectivity index (χ1v) is 11.3. The van der Waals surface area contributed by atoms with Crippen LogP contribution < -0.4 is 21.9 Å². The zero-order valence-electron chi connectivity index (χ0n) is 18.4. The van der Waals surface area contributed by atoms with E-state index in [1.54, 1.807) is 6.92 Å². The van der Waals surface area contributed by atoms with Crippen LogP contribution in [0.15, 0.2) is 49.6 Å². The first-order chi connectivity index (χ1) is 15.3. The number of unbranched alkanes of at least 4 members (excludes halogenated alkanes) is 1. The maximum atomic E-state index is 13.1. The standard InChI is InChI=1S/C22H27N5O4S/c1-4-5-11-26(17(28)13-32-22-24-14(2)15(3)31-22)18-19(23)27(21(30)25-20(18)29)12-16-9-7-6-8-10-16/h6-10H,4-5,11-13,23H2,1-3H3,(H,25,29,30). The number of nitrogen functional groups attached to an aromatic ring is 1. The zero-order chi connectivity index (χ0) is 23.3. The average Bonchev–Trinajstić information content (AvgIpc) is 3.09. The lowest BCUT2D eigenvalue weighted by Crippen LogP contribution is -2.42. The number of aromatic nitrogens is 3. The number of oxazole rings is 1. The maximum absolute atomic E-state index is 13.1. The molecule has 1 aromatic carbocycles. The van der Waals surface area contributed by atoms with E-state index >= 15 is 0 Å². The Balaban J connectivity index is 1.93. The van der Waals surface area contributed by atoms with Gasteiger partial charge in [-0.1, -0.05) is 55.4 Å². The van der Waals surface area contributed by atoms with E-state index in [1.807, 2.05) is 44.2 Å². The van der Waals surface area contributed by atoms with Gasteiger partial charge < -0.3 is 15.1 Å². The van der Waals surface area contributed by atoms with E-state index < -0.39 is 11.2 Å². The molecule has 0 atom stereocenters. The fourth-order valence-corrected chi connectivity index (χ4v) is 3.93. The summed E-state index contributed by atoms with van der Waals surface area (Å²) in [5, 5.41) is 0.389. The van der Waals surface area contributed by atoms with Crippen molar-refractivity contribution in [2.75, 3.05) is 22.9 Å². The topological polar surface area (TPSA) is 127 Å². The molecule has 3 aromatic rings. The first-order valence-electron chi connectivity index (χ1n) is 10.4. The summed E-state index contributed by atoms with van der Waals surface area (Å²) in [5.41, 5.74) is 6.57. The summed E-state index contributed by atoms with van der Waals surface area (Å²) in [4.78, 5) is 46.2. The van der Waals surface area contributed by atoms with Gasteiger partial charge in [-0.25, -0.2) is 9.78 Å². The normalized spacial score (nSPS) is 11.0. The summed E-state index contributed by atoms with van der Waals surface area (Å²) in [6.07, 6.45) is 1.49. The van der Waals surface area contributed by atoms with Crippen LogP contribution in [0.5, 0.6) is 0 Å². The number of benzene rings is 1. The second-order valence-corrected chi connectivity index (χ2v) is 8.30. The van der Waals surface area contributed by atoms with Gasteiger partial charge in [-0.3, -0.25) is 19.1 Å². The van der Waals surface area contributed by atoms with E-state index in [9.17, 15) is 14.4 Å². The number of thioether (sulfide) groups is 1. The fraction of sp³-hybridized carbons (Fsp3) is 0.364. The lowest BCUT2D eigenvalue weighted by molar-refractivity contribution is -0.116. The van der Waals surface area contributed by atoms with Crippen molar-refractivity contribution in [2.45, 2.75) is 45.4 Å². The molecule has 0 aliphatic heterocycles. The van der Waals surface area contributed by atoms with Crippen molar-refractivity contribution in [1.82, 2.24) is 14.5 Å². The Morgan fingerprint density at radius 2 is 1.97 bits per heavy atom. The second kappa shape index (κ2) is 10.4. The monoisotopic (exact) mass is 457 g/mol. The fourth-order valence-electron chi connectivity index (χ4n) is 3.15. The zero-order valence-corrected chi connectivity index (χ0v) is 19.2. The number of hydrogen-bond donors (Lipinski definition) is 2. The molecular formula is C22H27N5O4S. The number of nitrogens with two attached hydrogens (primary N) is 1. The minimum Gasteiger partial charge on any atom is -0.437 e. The van der Waals surface area contributed by atoms with Crippen LogP contribution >= 0.6 is 11.8 Å². The molecule has 0 bridgehead atoms. The summed E-state index contributed by atoms with van der Waals surface area (Å²) in [6, 6.07) is 9.28. The highest BCUT2D eigenvalue weighted by molar-refractivity contribution is 7.99. The van der Waals surface area contributed by atoms with Crippen LogP contribution in [-0.2, 0) is 11.3 Å². The highest BCUT2D eigenvalue weighted by Gasteiger charge is 2.24. The lowest BCUT2D eigenvalue weighted by atomic mass is 10.2. The van der Waals surface area contributed by atoms with Crippen molar-refractivity contribution < 1.29 is 9.21 Å². The Bertz CT molecular complexity index is 1180. The second-order valence-electron chi connectivity index (χ2n) is 7.37. The molecule has 1 amide bonds. The van der Waals surface area contributed by atoms with E-state index in [0.29, 0.717) is 23.9 Å². The van der Waals surface area contributed by atoms with Gasteiger partial charge in [0.25, 0.3) is 10.8 Å². The number of rotatable bonds is 9. The predicted octanol–water partition coefficient (Wildman–Crippen LogP) is 2.70. The molecular weight excluding hydrogens is 430 g/mol. The van der Waals surface area contributed by atoms with Crippen LogP contribution in [0.3, 0.4) is 0 Å². The molecule has 0 fully saturated rings. The summed E-state index contributed by atoms with van der Waals surface area (Å²) in [5.74, 6) is 0.343. The van der Waals surface area contributed by atoms with Crippen molar-refractivity contribution in [2.24, 2.45) is 0 Å². The molecule has 0 radical (unpaired) electrons. The van der Waals surface area contributed by atoms with Gasteiger partial charge in [-0.05, 0) is 25.8 Å². The smallest absolute Gasteiger partial charge is 0.330 e. The van der Waals surface area contributed by atoms with Crippen LogP contribution in [0.1, 0.15) is 36.8 Å². The van der Waals surface area contributed by atoms with E-state index in [-0.39, 0.29) is 29.7 Å². The minimum atomic E-state index is -0.686. The largest absolute Gasteiger partial charge is 0.437 e. The third kappa shape index (κ3) is 5.31. The average molecular weight is 458 g/mol. The SMILES string of the molecule is CCCCN(C(=O)CSc1nc(C)c(C)o1)c1c(N)n(Cc2ccccc2)c(=O)[nH]c1=O. The molecule has 0 saturated heterocycles. The molecule has 2 aromatic heterocycles. The van der Waals surface area contributed by atoms with Gasteiger partial charge >= 0.3 is 5.69 Å². The number of carbonyl (C=O) groups is 1. The molecule has 0 unspecified atom stereocenters. The van der Waals surface area contributed by atoms with Gasteiger partial charge in [-0.15, -0.1) is 0 Å². The van der Waals surface area contributed by atoms with Crippen molar-refractivity contribution in [3.63, 3.8) is 0 Å². The lowest BCUT2D eigenvalue weighted by Gasteiger charge is -2.24. The van der Waals surface area contributed by atoms with Crippen LogP contribution in [-0.4, -0.2) is 32.7 Å². The number of amides is 1.